The van der Waals surface area contributed by atoms with Gasteiger partial charge in [0.25, 0.3) is 0 Å². The van der Waals surface area contributed by atoms with E-state index in [9.17, 15) is 0 Å². The van der Waals surface area contributed by atoms with Crippen LogP contribution in [0.2, 0.25) is 0 Å². The number of hydrogen-bond donors (Lipinski definition) is 1. The van der Waals surface area contributed by atoms with Crippen molar-refractivity contribution in [3.63, 3.8) is 0 Å². The van der Waals surface area contributed by atoms with Crippen LogP contribution in [0.3, 0.4) is 0 Å². The molecule has 3 nitrogen and oxygen atoms in total. The highest BCUT2D eigenvalue weighted by Gasteiger charge is 2.37. The number of rotatable bonds is 8. The van der Waals surface area contributed by atoms with E-state index in [1.807, 2.05) is 11.8 Å². The van der Waals surface area contributed by atoms with Gasteiger partial charge in [0.1, 0.15) is 11.5 Å². The molecule has 0 amide bonds. The number of nitrogens with zero attached hydrogens (tertiary/aromatic N) is 1. The molecule has 2 rings (SSSR count). The smallest absolute Gasteiger partial charge is 0.122 e. The first-order valence-corrected chi connectivity index (χ1v) is 8.98. The van der Waals surface area contributed by atoms with Crippen LogP contribution in [0.15, 0.2) is 16.5 Å². The van der Waals surface area contributed by atoms with Crippen molar-refractivity contribution in [1.29, 1.82) is 0 Å². The molecule has 1 aliphatic carbocycles. The Hall–Kier alpha value is -0.450. The summed E-state index contributed by atoms with van der Waals surface area (Å²) in [4.78, 5) is 2.36. The molecule has 1 aromatic heterocycles. The second kappa shape index (κ2) is 7.01. The Kier molecular flexibility index (Phi) is 5.58. The molecule has 114 valence electrons. The Balaban J connectivity index is 2.01. The molecule has 4 atom stereocenters. The van der Waals surface area contributed by atoms with Gasteiger partial charge in [0.2, 0.25) is 0 Å². The summed E-state index contributed by atoms with van der Waals surface area (Å²) in [5.74, 6) is 4.78. The molecule has 0 spiro atoms. The molecule has 1 fully saturated rings. The minimum absolute atomic E-state index is 0.190. The van der Waals surface area contributed by atoms with Crippen LogP contribution in [-0.4, -0.2) is 36.5 Å². The number of likely N-dealkylation sites (N-methyl/N-ethyl adjacent to an activating group) is 1. The normalized spacial score (nSPS) is 24.9. The molecule has 1 heterocycles. The van der Waals surface area contributed by atoms with E-state index in [1.54, 1.807) is 0 Å². The molecular formula is C16H28N2OS. The number of thioether (sulfide) groups is 1. The molecule has 0 radical (unpaired) electrons. The predicted octanol–water partition coefficient (Wildman–Crippen LogP) is 3.48. The number of nitrogens with two attached hydrogens (primary N) is 1. The minimum atomic E-state index is 0.190. The lowest BCUT2D eigenvalue weighted by Gasteiger charge is -2.31. The third-order valence-corrected chi connectivity index (χ3v) is 5.24. The summed E-state index contributed by atoms with van der Waals surface area (Å²) in [6, 6.07) is 4.97. The van der Waals surface area contributed by atoms with Gasteiger partial charge in [-0.25, -0.2) is 0 Å². The molecular weight excluding hydrogens is 268 g/mol. The SMILES string of the molecule is CSCCC(C)N(C)C(CN)c1ccc(C2CC2C)o1. The van der Waals surface area contributed by atoms with E-state index in [0.29, 0.717) is 18.5 Å². The van der Waals surface area contributed by atoms with E-state index < -0.39 is 0 Å². The lowest BCUT2D eigenvalue weighted by molar-refractivity contribution is 0.164. The summed E-state index contributed by atoms with van der Waals surface area (Å²) < 4.78 is 6.08. The van der Waals surface area contributed by atoms with Crippen molar-refractivity contribution in [1.82, 2.24) is 4.90 Å². The highest BCUT2D eigenvalue weighted by atomic mass is 32.2. The number of hydrogen-bond acceptors (Lipinski definition) is 4. The van der Waals surface area contributed by atoms with Crippen molar-refractivity contribution < 1.29 is 4.42 Å². The zero-order valence-corrected chi connectivity index (χ0v) is 14.0. The van der Waals surface area contributed by atoms with E-state index >= 15 is 0 Å². The first-order valence-electron chi connectivity index (χ1n) is 7.59. The molecule has 1 aliphatic rings. The fourth-order valence-electron chi connectivity index (χ4n) is 2.75. The van der Waals surface area contributed by atoms with Crippen molar-refractivity contribution in [2.75, 3.05) is 25.6 Å². The van der Waals surface area contributed by atoms with Gasteiger partial charge < -0.3 is 10.2 Å². The third-order valence-electron chi connectivity index (χ3n) is 4.60. The summed E-state index contributed by atoms with van der Waals surface area (Å²) in [6.45, 7) is 5.16. The minimum Gasteiger partial charge on any atom is -0.464 e. The van der Waals surface area contributed by atoms with E-state index in [2.05, 4.69) is 44.2 Å². The maximum Gasteiger partial charge on any atom is 0.122 e. The van der Waals surface area contributed by atoms with Crippen LogP contribution in [0, 0.1) is 5.92 Å². The lowest BCUT2D eigenvalue weighted by atomic mass is 10.1. The quantitative estimate of drug-likeness (QED) is 0.797. The molecule has 0 aromatic carbocycles. The highest BCUT2D eigenvalue weighted by molar-refractivity contribution is 7.98. The van der Waals surface area contributed by atoms with Crippen LogP contribution >= 0.6 is 11.8 Å². The van der Waals surface area contributed by atoms with Gasteiger partial charge in [-0.05, 0) is 56.9 Å². The molecule has 4 heteroatoms. The van der Waals surface area contributed by atoms with Gasteiger partial charge in [0.15, 0.2) is 0 Å². The number of furan rings is 1. The van der Waals surface area contributed by atoms with Crippen LogP contribution in [0.4, 0.5) is 0 Å². The Morgan fingerprint density at radius 2 is 2.20 bits per heavy atom. The monoisotopic (exact) mass is 296 g/mol. The van der Waals surface area contributed by atoms with Crippen LogP contribution in [-0.2, 0) is 0 Å². The molecule has 4 unspecified atom stereocenters. The zero-order valence-electron chi connectivity index (χ0n) is 13.1. The Morgan fingerprint density at radius 3 is 2.75 bits per heavy atom. The fourth-order valence-corrected chi connectivity index (χ4v) is 3.32. The summed E-state index contributed by atoms with van der Waals surface area (Å²) >= 11 is 1.90. The molecule has 0 bridgehead atoms. The van der Waals surface area contributed by atoms with Crippen molar-refractivity contribution in [2.45, 2.75) is 44.7 Å². The highest BCUT2D eigenvalue weighted by Crippen LogP contribution is 2.47. The first kappa shape index (κ1) is 15.9. The lowest BCUT2D eigenvalue weighted by Crippen LogP contribution is -2.37. The maximum atomic E-state index is 6.08. The Labute approximate surface area is 127 Å². The molecule has 20 heavy (non-hydrogen) atoms. The van der Waals surface area contributed by atoms with Gasteiger partial charge in [-0.3, -0.25) is 4.90 Å². The predicted molar refractivity (Wildman–Crippen MR) is 87.2 cm³/mol. The van der Waals surface area contributed by atoms with Gasteiger partial charge in [0, 0.05) is 18.5 Å². The van der Waals surface area contributed by atoms with E-state index in [0.717, 1.165) is 17.4 Å². The summed E-state index contributed by atoms with van der Waals surface area (Å²) in [5.41, 5.74) is 5.99. The topological polar surface area (TPSA) is 42.4 Å². The van der Waals surface area contributed by atoms with Crippen molar-refractivity contribution in [3.8, 4) is 0 Å². The first-order chi connectivity index (χ1) is 9.58. The van der Waals surface area contributed by atoms with Crippen molar-refractivity contribution in [2.24, 2.45) is 11.7 Å². The summed E-state index contributed by atoms with van der Waals surface area (Å²) in [7, 11) is 2.16. The average Bonchev–Trinajstić information content (AvgIpc) is 2.98. The molecule has 2 N–H and O–H groups in total. The van der Waals surface area contributed by atoms with Gasteiger partial charge in [-0.15, -0.1) is 0 Å². The fraction of sp³-hybridized carbons (Fsp3) is 0.750. The van der Waals surface area contributed by atoms with Crippen LogP contribution in [0.1, 0.15) is 50.2 Å². The second-order valence-electron chi connectivity index (χ2n) is 6.11. The third kappa shape index (κ3) is 3.60. The van der Waals surface area contributed by atoms with Crippen LogP contribution < -0.4 is 5.73 Å². The Bertz CT molecular complexity index is 420. The largest absolute Gasteiger partial charge is 0.464 e. The van der Waals surface area contributed by atoms with Gasteiger partial charge in [-0.2, -0.15) is 11.8 Å². The van der Waals surface area contributed by atoms with Crippen LogP contribution in [0.5, 0.6) is 0 Å². The van der Waals surface area contributed by atoms with E-state index in [4.69, 9.17) is 10.2 Å². The summed E-state index contributed by atoms with van der Waals surface area (Å²) in [5, 5.41) is 0. The van der Waals surface area contributed by atoms with Gasteiger partial charge in [0.05, 0.1) is 6.04 Å². The van der Waals surface area contributed by atoms with Crippen molar-refractivity contribution >= 4 is 11.8 Å². The molecule has 1 aromatic rings. The second-order valence-corrected chi connectivity index (χ2v) is 7.09. The maximum absolute atomic E-state index is 6.08. The molecule has 0 aliphatic heterocycles. The van der Waals surface area contributed by atoms with E-state index in [-0.39, 0.29) is 6.04 Å². The Morgan fingerprint density at radius 1 is 1.50 bits per heavy atom. The van der Waals surface area contributed by atoms with E-state index in [1.165, 1.54) is 18.6 Å². The summed E-state index contributed by atoms with van der Waals surface area (Å²) in [6.07, 6.45) is 4.60. The van der Waals surface area contributed by atoms with Gasteiger partial charge in [-0.1, -0.05) is 6.92 Å². The standard InChI is InChI=1S/C16H28N2OS/c1-11-9-13(11)15-5-6-16(19-15)14(10-17)18(3)12(2)7-8-20-4/h5-6,11-14H,7-10,17H2,1-4H3. The average molecular weight is 296 g/mol. The van der Waals surface area contributed by atoms with Gasteiger partial charge >= 0.3 is 0 Å². The molecule has 1 saturated carbocycles. The zero-order chi connectivity index (χ0) is 14.7. The van der Waals surface area contributed by atoms with Crippen LogP contribution in [0.25, 0.3) is 0 Å². The van der Waals surface area contributed by atoms with Crippen molar-refractivity contribution in [3.05, 3.63) is 23.7 Å². The molecule has 0 saturated heterocycles.